The summed E-state index contributed by atoms with van der Waals surface area (Å²) in [6.45, 7) is 0. The molecule has 0 saturated heterocycles. The first-order valence-corrected chi connectivity index (χ1v) is 23.5. The number of para-hydroxylation sites is 3. The highest BCUT2D eigenvalue weighted by Crippen LogP contribution is 2.56. The van der Waals surface area contributed by atoms with E-state index in [1.54, 1.807) is 0 Å². The molecule has 65 heavy (non-hydrogen) atoms. The summed E-state index contributed by atoms with van der Waals surface area (Å²) in [7, 11) is 0. The molecule has 3 atom stereocenters. The second kappa shape index (κ2) is 18.0. The zero-order valence-electron chi connectivity index (χ0n) is 36.9. The molecule has 0 N–H and O–H groups in total. The van der Waals surface area contributed by atoms with Gasteiger partial charge in [-0.3, -0.25) is 0 Å². The summed E-state index contributed by atoms with van der Waals surface area (Å²) in [5.74, 6) is 0.433. The molecule has 0 bridgehead atoms. The third kappa shape index (κ3) is 8.06. The second-order valence-corrected chi connectivity index (χ2v) is 18.0. The first kappa shape index (κ1) is 40.4. The minimum atomic E-state index is -0.225. The van der Waals surface area contributed by atoms with Gasteiger partial charge in [-0.05, 0) is 161 Å². The lowest BCUT2D eigenvalue weighted by Gasteiger charge is -2.36. The molecule has 0 radical (unpaired) electrons. The molecule has 4 aliphatic carbocycles. The molecule has 2 heteroatoms. The van der Waals surface area contributed by atoms with Crippen LogP contribution < -0.4 is 9.80 Å². The fourth-order valence-corrected chi connectivity index (χ4v) is 10.9. The first-order valence-electron chi connectivity index (χ1n) is 23.5. The van der Waals surface area contributed by atoms with Gasteiger partial charge in [0.05, 0.1) is 6.04 Å². The van der Waals surface area contributed by atoms with E-state index in [0.717, 1.165) is 55.6 Å². The quantitative estimate of drug-likeness (QED) is 0.121. The van der Waals surface area contributed by atoms with E-state index in [9.17, 15) is 0 Å². The Balaban J connectivity index is 0.996. The van der Waals surface area contributed by atoms with Crippen LogP contribution in [-0.2, 0) is 11.8 Å². The highest BCUT2D eigenvalue weighted by molar-refractivity contribution is 5.87. The Morgan fingerprint density at radius 2 is 1.02 bits per heavy atom. The van der Waals surface area contributed by atoms with E-state index in [1.165, 1.54) is 61.5 Å². The molecule has 7 aromatic rings. The van der Waals surface area contributed by atoms with E-state index in [-0.39, 0.29) is 5.41 Å². The van der Waals surface area contributed by atoms with Gasteiger partial charge in [0.2, 0.25) is 0 Å². The molecule has 0 fully saturated rings. The van der Waals surface area contributed by atoms with Crippen LogP contribution in [0, 0.1) is 5.92 Å². The van der Waals surface area contributed by atoms with Crippen molar-refractivity contribution in [3.05, 3.63) is 271 Å². The molecule has 0 heterocycles. The minimum Gasteiger partial charge on any atom is -0.338 e. The SMILES string of the molecule is C1=CCC(CC2(Cc3ccccc3)c3cc(C4=CC=C(N(c5ccccc5)C5C=CC=CC5)CC4)ccc3-c3ccc(-c4ccc(N(c5ccccc5)c5ccccc5)cc4)cc32)C=C1. The first-order chi connectivity index (χ1) is 32.2. The summed E-state index contributed by atoms with van der Waals surface area (Å²) < 4.78 is 0. The van der Waals surface area contributed by atoms with Gasteiger partial charge in [0, 0.05) is 33.9 Å². The fourth-order valence-electron chi connectivity index (χ4n) is 10.9. The summed E-state index contributed by atoms with van der Waals surface area (Å²) in [4.78, 5) is 4.89. The molecule has 0 saturated carbocycles. The number of hydrogen-bond acceptors (Lipinski definition) is 2. The van der Waals surface area contributed by atoms with Crippen LogP contribution >= 0.6 is 0 Å². The van der Waals surface area contributed by atoms with E-state index in [4.69, 9.17) is 0 Å². The van der Waals surface area contributed by atoms with Gasteiger partial charge in [-0.15, -0.1) is 0 Å². The van der Waals surface area contributed by atoms with Gasteiger partial charge in [0.15, 0.2) is 0 Å². The highest BCUT2D eigenvalue weighted by atomic mass is 15.2. The van der Waals surface area contributed by atoms with Crippen LogP contribution in [0.15, 0.2) is 248 Å². The Morgan fingerprint density at radius 3 is 1.60 bits per heavy atom. The predicted octanol–water partition coefficient (Wildman–Crippen LogP) is 16.3. The van der Waals surface area contributed by atoms with Gasteiger partial charge in [-0.1, -0.05) is 176 Å². The molecule has 4 aliphatic rings. The van der Waals surface area contributed by atoms with Crippen LogP contribution in [-0.4, -0.2) is 6.04 Å². The van der Waals surface area contributed by atoms with Crippen LogP contribution in [0.25, 0.3) is 27.8 Å². The van der Waals surface area contributed by atoms with Crippen molar-refractivity contribution in [1.82, 2.24) is 0 Å². The molecule has 0 aromatic heterocycles. The zero-order valence-corrected chi connectivity index (χ0v) is 36.9. The number of nitrogens with zero attached hydrogens (tertiary/aromatic N) is 2. The average Bonchev–Trinajstić information content (AvgIpc) is 3.63. The summed E-state index contributed by atoms with van der Waals surface area (Å²) in [5, 5.41) is 0. The van der Waals surface area contributed by atoms with Crippen molar-refractivity contribution in [1.29, 1.82) is 0 Å². The molecule has 7 aromatic carbocycles. The minimum absolute atomic E-state index is 0.225. The van der Waals surface area contributed by atoms with Gasteiger partial charge in [-0.25, -0.2) is 0 Å². The van der Waals surface area contributed by atoms with Crippen molar-refractivity contribution in [2.45, 2.75) is 50.0 Å². The van der Waals surface area contributed by atoms with E-state index in [0.29, 0.717) is 12.0 Å². The predicted molar refractivity (Wildman–Crippen MR) is 275 cm³/mol. The molecular weight excluding hydrogens is 785 g/mol. The molecule has 2 nitrogen and oxygen atoms in total. The lowest BCUT2D eigenvalue weighted by molar-refractivity contribution is 0.408. The molecule has 316 valence electrons. The molecule has 0 aliphatic heterocycles. The van der Waals surface area contributed by atoms with Crippen molar-refractivity contribution in [2.75, 3.05) is 9.80 Å². The number of allylic oxidation sites excluding steroid dienone is 10. The van der Waals surface area contributed by atoms with Crippen LogP contribution in [0.4, 0.5) is 22.7 Å². The molecule has 0 amide bonds. The Kier molecular flexibility index (Phi) is 11.2. The topological polar surface area (TPSA) is 6.48 Å². The number of anilines is 4. The Morgan fingerprint density at radius 1 is 0.462 bits per heavy atom. The average molecular weight is 839 g/mol. The number of fused-ring (bicyclic) bond motifs is 3. The van der Waals surface area contributed by atoms with Crippen molar-refractivity contribution >= 4 is 28.3 Å². The maximum atomic E-state index is 2.59. The van der Waals surface area contributed by atoms with Gasteiger partial charge in [0.1, 0.15) is 0 Å². The summed E-state index contributed by atoms with van der Waals surface area (Å²) >= 11 is 0. The van der Waals surface area contributed by atoms with Gasteiger partial charge in [0.25, 0.3) is 0 Å². The maximum absolute atomic E-state index is 2.59. The fraction of sp³-hybridized carbons (Fsp3) is 0.143. The van der Waals surface area contributed by atoms with Gasteiger partial charge >= 0.3 is 0 Å². The van der Waals surface area contributed by atoms with Crippen molar-refractivity contribution in [3.8, 4) is 22.3 Å². The van der Waals surface area contributed by atoms with Crippen LogP contribution in [0.1, 0.15) is 54.4 Å². The van der Waals surface area contributed by atoms with E-state index >= 15 is 0 Å². The molecule has 0 spiro atoms. The summed E-state index contributed by atoms with van der Waals surface area (Å²) in [6.07, 6.45) is 29.1. The lowest BCUT2D eigenvalue weighted by Crippen LogP contribution is -2.34. The molecule has 3 unspecified atom stereocenters. The van der Waals surface area contributed by atoms with Crippen LogP contribution in [0.3, 0.4) is 0 Å². The van der Waals surface area contributed by atoms with Gasteiger partial charge in [-0.2, -0.15) is 0 Å². The van der Waals surface area contributed by atoms with E-state index in [1.807, 2.05) is 0 Å². The smallest absolute Gasteiger partial charge is 0.0556 e. The van der Waals surface area contributed by atoms with E-state index < -0.39 is 0 Å². The highest BCUT2D eigenvalue weighted by Gasteiger charge is 2.45. The number of benzene rings is 7. The Hall–Kier alpha value is -7.42. The van der Waals surface area contributed by atoms with Crippen LogP contribution in [0.2, 0.25) is 0 Å². The maximum Gasteiger partial charge on any atom is 0.0556 e. The number of rotatable bonds is 12. The summed E-state index contributed by atoms with van der Waals surface area (Å²) in [6, 6.07) is 67.7. The molecule has 11 rings (SSSR count). The Labute approximate surface area is 385 Å². The van der Waals surface area contributed by atoms with Crippen LogP contribution in [0.5, 0.6) is 0 Å². The van der Waals surface area contributed by atoms with Crippen molar-refractivity contribution in [3.63, 3.8) is 0 Å². The van der Waals surface area contributed by atoms with E-state index in [2.05, 4.69) is 253 Å². The second-order valence-electron chi connectivity index (χ2n) is 18.0. The zero-order chi connectivity index (χ0) is 43.4. The normalized spacial score (nSPS) is 19.3. The third-order valence-corrected chi connectivity index (χ3v) is 14.0. The Bertz CT molecular complexity index is 2930. The van der Waals surface area contributed by atoms with Crippen molar-refractivity contribution < 1.29 is 0 Å². The summed E-state index contributed by atoms with van der Waals surface area (Å²) in [5.41, 5.74) is 18.1. The molecular formula is C63H54N2. The van der Waals surface area contributed by atoms with Crippen molar-refractivity contribution in [2.24, 2.45) is 5.92 Å². The van der Waals surface area contributed by atoms with Gasteiger partial charge < -0.3 is 9.80 Å². The standard InChI is InChI=1S/C63H54N2/c1-7-19-47(20-8-1)45-63(46-48-21-9-2-10-22-48)61-43-51(49-31-37-57(38-32-49)64(53-23-11-3-12-24-53)54-25-13-4-14-26-54)35-41-59(61)60-42-36-52(44-62(60)63)50-33-39-58(40-34-50)65(55-27-15-5-16-28-55)56-29-17-6-18-30-56/h1-21,23-29,31-33,35-39,41-44,48,56H,22,30,34,40,45-46H2. The number of hydrogen-bond donors (Lipinski definition) is 0. The monoisotopic (exact) mass is 838 g/mol. The largest absolute Gasteiger partial charge is 0.338 e. The lowest BCUT2D eigenvalue weighted by atomic mass is 9.67. The third-order valence-electron chi connectivity index (χ3n) is 14.0.